The van der Waals surface area contributed by atoms with Gasteiger partial charge in [-0.05, 0) is 18.2 Å². The zero-order chi connectivity index (χ0) is 13.2. The SMILES string of the molecule is O=C1CN=C(c2ccc(Cl)cc2)c2ccccc2N1. The molecule has 0 radical (unpaired) electrons. The first kappa shape index (κ1) is 11.9. The van der Waals surface area contributed by atoms with E-state index in [1.54, 1.807) is 0 Å². The average Bonchev–Trinajstić information content (AvgIpc) is 2.58. The summed E-state index contributed by atoms with van der Waals surface area (Å²) >= 11 is 5.90. The molecule has 0 spiro atoms. The Morgan fingerprint density at radius 3 is 2.58 bits per heavy atom. The van der Waals surface area contributed by atoms with Crippen molar-refractivity contribution >= 4 is 28.9 Å². The summed E-state index contributed by atoms with van der Waals surface area (Å²) in [6.45, 7) is 0.132. The number of rotatable bonds is 1. The maximum absolute atomic E-state index is 11.6. The maximum Gasteiger partial charge on any atom is 0.246 e. The minimum atomic E-state index is -0.101. The number of nitrogens with zero attached hydrogens (tertiary/aromatic N) is 1. The number of nitrogens with one attached hydrogen (secondary N) is 1. The van der Waals surface area contributed by atoms with Crippen molar-refractivity contribution in [2.45, 2.75) is 0 Å². The first-order valence-corrected chi connectivity index (χ1v) is 6.31. The van der Waals surface area contributed by atoms with Crippen molar-refractivity contribution in [3.8, 4) is 0 Å². The van der Waals surface area contributed by atoms with Gasteiger partial charge in [0.1, 0.15) is 6.54 Å². The Balaban J connectivity index is 2.14. The van der Waals surface area contributed by atoms with E-state index >= 15 is 0 Å². The fourth-order valence-electron chi connectivity index (χ4n) is 2.08. The van der Waals surface area contributed by atoms with Gasteiger partial charge in [0.15, 0.2) is 0 Å². The van der Waals surface area contributed by atoms with Gasteiger partial charge in [-0.3, -0.25) is 9.79 Å². The predicted molar refractivity (Wildman–Crippen MR) is 77.0 cm³/mol. The summed E-state index contributed by atoms with van der Waals surface area (Å²) in [5, 5.41) is 3.53. The third-order valence-electron chi connectivity index (χ3n) is 2.95. The third kappa shape index (κ3) is 2.37. The summed E-state index contributed by atoms with van der Waals surface area (Å²) in [5.74, 6) is -0.101. The molecule has 0 bridgehead atoms. The highest BCUT2D eigenvalue weighted by molar-refractivity contribution is 6.30. The number of anilines is 1. The van der Waals surface area contributed by atoms with Crippen LogP contribution in [0.3, 0.4) is 0 Å². The summed E-state index contributed by atoms with van der Waals surface area (Å²) in [5.41, 5.74) is 3.48. The van der Waals surface area contributed by atoms with Crippen LogP contribution in [0.25, 0.3) is 0 Å². The molecule has 1 amide bonds. The Morgan fingerprint density at radius 1 is 1.05 bits per heavy atom. The molecule has 0 fully saturated rings. The number of halogens is 1. The van der Waals surface area contributed by atoms with Crippen LogP contribution in [0, 0.1) is 0 Å². The summed E-state index contributed by atoms with van der Waals surface area (Å²) in [7, 11) is 0. The first-order valence-electron chi connectivity index (χ1n) is 5.94. The molecule has 3 nitrogen and oxygen atoms in total. The normalized spacial score (nSPS) is 14.2. The van der Waals surface area contributed by atoms with Crippen LogP contribution in [0.2, 0.25) is 5.02 Å². The van der Waals surface area contributed by atoms with Gasteiger partial charge < -0.3 is 5.32 Å². The molecule has 1 aliphatic rings. The van der Waals surface area contributed by atoms with Crippen LogP contribution in [0.4, 0.5) is 5.69 Å². The highest BCUT2D eigenvalue weighted by atomic mass is 35.5. The van der Waals surface area contributed by atoms with E-state index in [9.17, 15) is 4.79 Å². The van der Waals surface area contributed by atoms with Gasteiger partial charge in [-0.2, -0.15) is 0 Å². The number of benzodiazepines with no additional fused rings is 1. The van der Waals surface area contributed by atoms with Gasteiger partial charge in [0.2, 0.25) is 5.91 Å². The molecule has 0 atom stereocenters. The quantitative estimate of drug-likeness (QED) is 0.850. The zero-order valence-corrected chi connectivity index (χ0v) is 10.8. The summed E-state index contributed by atoms with van der Waals surface area (Å²) in [6, 6.07) is 15.1. The number of para-hydroxylation sites is 1. The first-order chi connectivity index (χ1) is 9.24. The topological polar surface area (TPSA) is 41.5 Å². The number of carbonyl (C=O) groups excluding carboxylic acids is 1. The van der Waals surface area contributed by atoms with Gasteiger partial charge in [-0.15, -0.1) is 0 Å². The second-order valence-corrected chi connectivity index (χ2v) is 4.70. The summed E-state index contributed by atoms with van der Waals surface area (Å²) < 4.78 is 0. The Morgan fingerprint density at radius 2 is 1.79 bits per heavy atom. The van der Waals surface area contributed by atoms with Crippen molar-refractivity contribution in [2.75, 3.05) is 11.9 Å². The highest BCUT2D eigenvalue weighted by Gasteiger charge is 2.16. The van der Waals surface area contributed by atoms with E-state index in [0.717, 1.165) is 22.5 Å². The Bertz CT molecular complexity index is 662. The van der Waals surface area contributed by atoms with Crippen LogP contribution < -0.4 is 5.32 Å². The van der Waals surface area contributed by atoms with E-state index in [-0.39, 0.29) is 12.5 Å². The van der Waals surface area contributed by atoms with Crippen molar-refractivity contribution in [2.24, 2.45) is 4.99 Å². The molecule has 0 unspecified atom stereocenters. The Hall–Kier alpha value is -2.13. The molecule has 94 valence electrons. The molecule has 19 heavy (non-hydrogen) atoms. The highest BCUT2D eigenvalue weighted by Crippen LogP contribution is 2.23. The fourth-order valence-corrected chi connectivity index (χ4v) is 2.20. The largest absolute Gasteiger partial charge is 0.324 e. The molecule has 1 aliphatic heterocycles. The van der Waals surface area contributed by atoms with E-state index in [1.165, 1.54) is 0 Å². The molecule has 0 saturated carbocycles. The van der Waals surface area contributed by atoms with Crippen LogP contribution in [-0.4, -0.2) is 18.2 Å². The molecular weight excluding hydrogens is 260 g/mol. The van der Waals surface area contributed by atoms with Crippen molar-refractivity contribution in [1.29, 1.82) is 0 Å². The van der Waals surface area contributed by atoms with Crippen LogP contribution in [-0.2, 0) is 4.79 Å². The van der Waals surface area contributed by atoms with Gasteiger partial charge in [0.05, 0.1) is 11.4 Å². The standard InChI is InChI=1S/C15H11ClN2O/c16-11-7-5-10(6-8-11)15-12-3-1-2-4-13(12)18-14(19)9-17-15/h1-8H,9H2,(H,18,19). The smallest absolute Gasteiger partial charge is 0.246 e. The van der Waals surface area contributed by atoms with Crippen LogP contribution >= 0.6 is 11.6 Å². The molecule has 4 heteroatoms. The molecule has 2 aromatic rings. The second-order valence-electron chi connectivity index (χ2n) is 4.27. The van der Waals surface area contributed by atoms with Gasteiger partial charge >= 0.3 is 0 Å². The van der Waals surface area contributed by atoms with E-state index in [2.05, 4.69) is 10.3 Å². The molecule has 0 saturated heterocycles. The van der Waals surface area contributed by atoms with E-state index < -0.39 is 0 Å². The molecule has 2 aromatic carbocycles. The van der Waals surface area contributed by atoms with E-state index in [1.807, 2.05) is 48.5 Å². The second kappa shape index (κ2) is 4.86. The molecule has 0 aromatic heterocycles. The molecule has 0 aliphatic carbocycles. The monoisotopic (exact) mass is 270 g/mol. The maximum atomic E-state index is 11.6. The Kier molecular flexibility index (Phi) is 3.05. The minimum absolute atomic E-state index is 0.101. The van der Waals surface area contributed by atoms with Crippen molar-refractivity contribution in [3.05, 3.63) is 64.7 Å². The number of aliphatic imine (C=N–C) groups is 1. The summed E-state index contributed by atoms with van der Waals surface area (Å²) in [6.07, 6.45) is 0. The van der Waals surface area contributed by atoms with Crippen LogP contribution in [0.5, 0.6) is 0 Å². The third-order valence-corrected chi connectivity index (χ3v) is 3.21. The van der Waals surface area contributed by atoms with E-state index in [0.29, 0.717) is 5.02 Å². The van der Waals surface area contributed by atoms with Crippen molar-refractivity contribution in [1.82, 2.24) is 0 Å². The minimum Gasteiger partial charge on any atom is -0.324 e. The number of hydrogen-bond acceptors (Lipinski definition) is 2. The lowest BCUT2D eigenvalue weighted by atomic mass is 10.0. The zero-order valence-electron chi connectivity index (χ0n) is 10.1. The van der Waals surface area contributed by atoms with Crippen molar-refractivity contribution < 1.29 is 4.79 Å². The number of amides is 1. The van der Waals surface area contributed by atoms with Crippen molar-refractivity contribution in [3.63, 3.8) is 0 Å². The summed E-state index contributed by atoms with van der Waals surface area (Å²) in [4.78, 5) is 16.0. The molecular formula is C15H11ClN2O. The molecule has 1 N–H and O–H groups in total. The number of hydrogen-bond donors (Lipinski definition) is 1. The lowest BCUT2D eigenvalue weighted by molar-refractivity contribution is -0.114. The number of fused-ring (bicyclic) bond motifs is 1. The van der Waals surface area contributed by atoms with Gasteiger partial charge in [0, 0.05) is 16.1 Å². The Labute approximate surface area is 115 Å². The average molecular weight is 271 g/mol. The number of carbonyl (C=O) groups is 1. The fraction of sp³-hybridized carbons (Fsp3) is 0.0667. The molecule has 3 rings (SSSR count). The predicted octanol–water partition coefficient (Wildman–Crippen LogP) is 3.13. The number of benzene rings is 2. The lowest BCUT2D eigenvalue weighted by Crippen LogP contribution is -2.13. The van der Waals surface area contributed by atoms with Gasteiger partial charge in [-0.25, -0.2) is 0 Å². The van der Waals surface area contributed by atoms with Gasteiger partial charge in [-0.1, -0.05) is 41.9 Å². The lowest BCUT2D eigenvalue weighted by Gasteiger charge is -2.09. The van der Waals surface area contributed by atoms with Crippen LogP contribution in [0.1, 0.15) is 11.1 Å². The molecule has 1 heterocycles. The van der Waals surface area contributed by atoms with Gasteiger partial charge in [0.25, 0.3) is 0 Å². The van der Waals surface area contributed by atoms with Crippen LogP contribution in [0.15, 0.2) is 53.5 Å². The van der Waals surface area contributed by atoms with E-state index in [4.69, 9.17) is 11.6 Å².